The van der Waals surface area contributed by atoms with Crippen LogP contribution < -0.4 is 20.5 Å². The number of benzene rings is 2. The van der Waals surface area contributed by atoms with Gasteiger partial charge in [-0.15, -0.1) is 0 Å². The van der Waals surface area contributed by atoms with Crippen LogP contribution in [0.15, 0.2) is 42.0 Å². The zero-order valence-electron chi connectivity index (χ0n) is 15.3. The number of nitrogens with two attached hydrogens (primary N) is 1. The summed E-state index contributed by atoms with van der Waals surface area (Å²) in [5, 5.41) is 12.6. The smallest absolute Gasteiger partial charge is 0.266 e. The number of methoxy groups -OCH3 is 1. The Balaban J connectivity index is 2.24. The number of carbonyl (C=O) groups excluding carboxylic acids is 2. The normalized spacial score (nSPS) is 10.7. The van der Waals surface area contributed by atoms with Crippen LogP contribution >= 0.6 is 11.6 Å². The Hall–Kier alpha value is -3.50. The Kier molecular flexibility index (Phi) is 7.02. The number of nitrogens with zero attached hydrogens (tertiary/aromatic N) is 1. The highest BCUT2D eigenvalue weighted by Gasteiger charge is 2.12. The molecule has 2 aromatic carbocycles. The van der Waals surface area contributed by atoms with Gasteiger partial charge in [-0.25, -0.2) is 0 Å². The van der Waals surface area contributed by atoms with Gasteiger partial charge in [-0.05, 0) is 54.5 Å². The molecule has 0 radical (unpaired) electrons. The van der Waals surface area contributed by atoms with Crippen LogP contribution in [-0.2, 0) is 9.59 Å². The zero-order valence-corrected chi connectivity index (χ0v) is 16.0. The van der Waals surface area contributed by atoms with Crippen molar-refractivity contribution in [2.45, 2.75) is 6.92 Å². The molecular formula is C20H18ClN3O4. The quantitative estimate of drug-likeness (QED) is 0.548. The molecule has 7 nitrogen and oxygen atoms in total. The Labute approximate surface area is 167 Å². The Morgan fingerprint density at radius 1 is 1.25 bits per heavy atom. The minimum atomic E-state index is -0.619. The lowest BCUT2D eigenvalue weighted by atomic mass is 10.1. The summed E-state index contributed by atoms with van der Waals surface area (Å²) < 4.78 is 10.5. The number of halogens is 1. The summed E-state index contributed by atoms with van der Waals surface area (Å²) in [4.78, 5) is 23.3. The van der Waals surface area contributed by atoms with Crippen LogP contribution in [0.1, 0.15) is 11.1 Å². The van der Waals surface area contributed by atoms with Crippen molar-refractivity contribution < 1.29 is 19.1 Å². The van der Waals surface area contributed by atoms with E-state index in [1.807, 2.05) is 6.07 Å². The number of amides is 2. The molecule has 2 rings (SSSR count). The van der Waals surface area contributed by atoms with Crippen LogP contribution in [0.5, 0.6) is 11.5 Å². The number of rotatable bonds is 7. The Morgan fingerprint density at radius 3 is 2.61 bits per heavy atom. The van der Waals surface area contributed by atoms with Crippen molar-refractivity contribution in [3.63, 3.8) is 0 Å². The van der Waals surface area contributed by atoms with E-state index < -0.39 is 11.8 Å². The molecule has 28 heavy (non-hydrogen) atoms. The lowest BCUT2D eigenvalue weighted by Crippen LogP contribution is -2.20. The molecule has 144 valence electrons. The minimum Gasteiger partial charge on any atom is -0.493 e. The van der Waals surface area contributed by atoms with E-state index in [1.54, 1.807) is 43.3 Å². The van der Waals surface area contributed by atoms with Crippen molar-refractivity contribution in [3.05, 3.63) is 58.1 Å². The van der Waals surface area contributed by atoms with Crippen LogP contribution in [0.4, 0.5) is 5.69 Å². The van der Waals surface area contributed by atoms with Crippen molar-refractivity contribution in [1.82, 2.24) is 0 Å². The number of nitriles is 1. The van der Waals surface area contributed by atoms with Crippen LogP contribution in [0.2, 0.25) is 5.02 Å². The van der Waals surface area contributed by atoms with Crippen molar-refractivity contribution in [2.24, 2.45) is 5.73 Å². The summed E-state index contributed by atoms with van der Waals surface area (Å²) in [7, 11) is 1.43. The molecule has 0 saturated carbocycles. The van der Waals surface area contributed by atoms with Gasteiger partial charge < -0.3 is 20.5 Å². The lowest BCUT2D eigenvalue weighted by molar-refractivity contribution is -0.120. The SMILES string of the molecule is COc1cc(/C=C(\C#N)C(=O)Nc2ccc(Cl)cc2C)ccc1OCC(N)=O. The summed E-state index contributed by atoms with van der Waals surface area (Å²) in [5.41, 5.74) is 6.84. The second kappa shape index (κ2) is 9.44. The molecule has 0 aliphatic heterocycles. The fraction of sp³-hybridized carbons (Fsp3) is 0.150. The van der Waals surface area contributed by atoms with E-state index in [0.29, 0.717) is 27.8 Å². The van der Waals surface area contributed by atoms with Crippen LogP contribution in [0.3, 0.4) is 0 Å². The summed E-state index contributed by atoms with van der Waals surface area (Å²) in [6.07, 6.45) is 1.42. The van der Waals surface area contributed by atoms with Crippen LogP contribution in [0, 0.1) is 18.3 Å². The maximum absolute atomic E-state index is 12.4. The first-order valence-corrected chi connectivity index (χ1v) is 8.50. The third kappa shape index (κ3) is 5.50. The topological polar surface area (TPSA) is 114 Å². The van der Waals surface area contributed by atoms with Gasteiger partial charge in [-0.1, -0.05) is 17.7 Å². The third-order valence-corrected chi connectivity index (χ3v) is 3.91. The van der Waals surface area contributed by atoms with E-state index in [0.717, 1.165) is 5.56 Å². The molecule has 0 saturated heterocycles. The van der Waals surface area contributed by atoms with E-state index in [1.165, 1.54) is 13.2 Å². The minimum absolute atomic E-state index is 0.0952. The van der Waals surface area contributed by atoms with E-state index >= 15 is 0 Å². The first-order valence-electron chi connectivity index (χ1n) is 8.12. The van der Waals surface area contributed by atoms with Crippen molar-refractivity contribution in [2.75, 3.05) is 19.0 Å². The second-order valence-electron chi connectivity index (χ2n) is 5.75. The zero-order chi connectivity index (χ0) is 20.7. The van der Waals surface area contributed by atoms with Gasteiger partial charge in [0.25, 0.3) is 11.8 Å². The maximum atomic E-state index is 12.4. The van der Waals surface area contributed by atoms with Crippen molar-refractivity contribution in [3.8, 4) is 17.6 Å². The van der Waals surface area contributed by atoms with Crippen LogP contribution in [0.25, 0.3) is 6.08 Å². The highest BCUT2D eigenvalue weighted by atomic mass is 35.5. The average molecular weight is 400 g/mol. The molecule has 0 atom stereocenters. The molecule has 0 aromatic heterocycles. The summed E-state index contributed by atoms with van der Waals surface area (Å²) >= 11 is 5.91. The fourth-order valence-electron chi connectivity index (χ4n) is 2.31. The molecular weight excluding hydrogens is 382 g/mol. The number of ether oxygens (including phenoxy) is 2. The van der Waals surface area contributed by atoms with Crippen LogP contribution in [-0.4, -0.2) is 25.5 Å². The van der Waals surface area contributed by atoms with Gasteiger partial charge in [0.1, 0.15) is 11.6 Å². The number of primary amides is 1. The highest BCUT2D eigenvalue weighted by molar-refractivity contribution is 6.30. The molecule has 0 unspecified atom stereocenters. The first-order chi connectivity index (χ1) is 13.3. The van der Waals surface area contributed by atoms with Gasteiger partial charge in [0, 0.05) is 10.7 Å². The van der Waals surface area contributed by atoms with E-state index in [9.17, 15) is 14.9 Å². The molecule has 0 aliphatic rings. The van der Waals surface area contributed by atoms with E-state index in [4.69, 9.17) is 26.8 Å². The van der Waals surface area contributed by atoms with Gasteiger partial charge in [-0.3, -0.25) is 9.59 Å². The summed E-state index contributed by atoms with van der Waals surface area (Å²) in [5.74, 6) is -0.521. The number of hydrogen-bond acceptors (Lipinski definition) is 5. The second-order valence-corrected chi connectivity index (χ2v) is 6.18. The Bertz CT molecular complexity index is 980. The van der Waals surface area contributed by atoms with Gasteiger partial charge >= 0.3 is 0 Å². The van der Waals surface area contributed by atoms with Crippen molar-refractivity contribution >= 4 is 35.2 Å². The Morgan fingerprint density at radius 2 is 2.00 bits per heavy atom. The average Bonchev–Trinajstić information content (AvgIpc) is 2.66. The number of aryl methyl sites for hydroxylation is 1. The standard InChI is InChI=1S/C20H18ClN3O4/c1-12-7-15(21)4-5-16(12)24-20(26)14(10-22)8-13-3-6-17(18(9-13)27-2)28-11-19(23)25/h3-9H,11H2,1-2H3,(H2,23,25)(H,24,26)/b14-8+. The summed E-state index contributed by atoms with van der Waals surface area (Å²) in [6, 6.07) is 11.7. The molecule has 0 spiro atoms. The number of hydrogen-bond donors (Lipinski definition) is 2. The van der Waals surface area contributed by atoms with E-state index in [2.05, 4.69) is 5.32 Å². The molecule has 3 N–H and O–H groups in total. The number of anilines is 1. The number of carbonyl (C=O) groups is 2. The molecule has 0 aliphatic carbocycles. The van der Waals surface area contributed by atoms with Gasteiger partial charge in [0.15, 0.2) is 18.1 Å². The largest absolute Gasteiger partial charge is 0.493 e. The van der Waals surface area contributed by atoms with E-state index in [-0.39, 0.29) is 12.2 Å². The number of nitrogens with one attached hydrogen (secondary N) is 1. The first kappa shape index (κ1) is 20.8. The predicted molar refractivity (Wildman–Crippen MR) is 106 cm³/mol. The predicted octanol–water partition coefficient (Wildman–Crippen LogP) is 3.07. The molecule has 0 heterocycles. The molecule has 2 aromatic rings. The molecule has 0 fully saturated rings. The highest BCUT2D eigenvalue weighted by Crippen LogP contribution is 2.29. The third-order valence-electron chi connectivity index (χ3n) is 3.67. The molecule has 8 heteroatoms. The van der Waals surface area contributed by atoms with Crippen molar-refractivity contribution in [1.29, 1.82) is 5.26 Å². The maximum Gasteiger partial charge on any atom is 0.266 e. The fourth-order valence-corrected chi connectivity index (χ4v) is 2.54. The van der Waals surface area contributed by atoms with Gasteiger partial charge in [0.05, 0.1) is 7.11 Å². The molecule has 2 amide bonds. The molecule has 0 bridgehead atoms. The summed E-state index contributed by atoms with van der Waals surface area (Å²) in [6.45, 7) is 1.50. The monoisotopic (exact) mass is 399 g/mol. The van der Waals surface area contributed by atoms with Gasteiger partial charge in [0.2, 0.25) is 0 Å². The van der Waals surface area contributed by atoms with Gasteiger partial charge in [-0.2, -0.15) is 5.26 Å². The lowest BCUT2D eigenvalue weighted by Gasteiger charge is -2.10.